The van der Waals surface area contributed by atoms with Gasteiger partial charge in [-0.3, -0.25) is 4.79 Å². The second-order valence-electron chi connectivity index (χ2n) is 5.40. The second kappa shape index (κ2) is 6.65. The molecule has 3 heterocycles. The van der Waals surface area contributed by atoms with Gasteiger partial charge in [0.25, 0.3) is 5.91 Å². The second-order valence-corrected chi connectivity index (χ2v) is 5.40. The molecule has 1 unspecified atom stereocenters. The molecular formula is C15H19N5O2. The van der Waals surface area contributed by atoms with Crippen LogP contribution >= 0.6 is 0 Å². The lowest BCUT2D eigenvalue weighted by Gasteiger charge is -2.24. The highest BCUT2D eigenvalue weighted by Crippen LogP contribution is 2.23. The molecule has 3 rings (SSSR count). The fourth-order valence-corrected chi connectivity index (χ4v) is 2.90. The van der Waals surface area contributed by atoms with Gasteiger partial charge >= 0.3 is 0 Å². The Kier molecular flexibility index (Phi) is 4.43. The SMILES string of the molecule is O=C(c1ccnc(-n2cncn2)c1)N1CCCC1CCCO. The minimum Gasteiger partial charge on any atom is -0.396 e. The zero-order valence-corrected chi connectivity index (χ0v) is 12.3. The van der Waals surface area contributed by atoms with Gasteiger partial charge in [0, 0.05) is 31.0 Å². The predicted molar refractivity (Wildman–Crippen MR) is 79.5 cm³/mol. The van der Waals surface area contributed by atoms with E-state index >= 15 is 0 Å². The normalized spacial score (nSPS) is 17.9. The molecule has 1 amide bonds. The Morgan fingerprint density at radius 2 is 2.36 bits per heavy atom. The van der Waals surface area contributed by atoms with Crippen molar-refractivity contribution in [1.82, 2.24) is 24.6 Å². The lowest BCUT2D eigenvalue weighted by Crippen LogP contribution is -2.35. The van der Waals surface area contributed by atoms with Crippen molar-refractivity contribution in [2.45, 2.75) is 31.7 Å². The minimum atomic E-state index is 0.0178. The van der Waals surface area contributed by atoms with Gasteiger partial charge in [0.05, 0.1) is 0 Å². The molecule has 1 fully saturated rings. The molecule has 7 nitrogen and oxygen atoms in total. The average Bonchev–Trinajstić information content (AvgIpc) is 3.23. The first-order valence-electron chi connectivity index (χ1n) is 7.52. The first-order chi connectivity index (χ1) is 10.8. The van der Waals surface area contributed by atoms with Crippen LogP contribution in [0.15, 0.2) is 31.0 Å². The third-order valence-electron chi connectivity index (χ3n) is 3.98. The van der Waals surface area contributed by atoms with E-state index in [4.69, 9.17) is 5.11 Å². The Hall–Kier alpha value is -2.28. The molecule has 0 radical (unpaired) electrons. The maximum atomic E-state index is 12.7. The highest BCUT2D eigenvalue weighted by atomic mass is 16.3. The van der Waals surface area contributed by atoms with Gasteiger partial charge in [-0.1, -0.05) is 0 Å². The van der Waals surface area contributed by atoms with Gasteiger partial charge in [0.15, 0.2) is 5.82 Å². The topological polar surface area (TPSA) is 84.1 Å². The van der Waals surface area contributed by atoms with Crippen LogP contribution in [-0.4, -0.2) is 54.9 Å². The largest absolute Gasteiger partial charge is 0.396 e. The molecule has 1 atom stereocenters. The smallest absolute Gasteiger partial charge is 0.254 e. The summed E-state index contributed by atoms with van der Waals surface area (Å²) >= 11 is 0. The van der Waals surface area contributed by atoms with Crippen LogP contribution in [0, 0.1) is 0 Å². The number of amides is 1. The molecule has 1 aliphatic rings. The van der Waals surface area contributed by atoms with E-state index in [0.717, 1.165) is 32.2 Å². The summed E-state index contributed by atoms with van der Waals surface area (Å²) in [5, 5.41) is 13.0. The summed E-state index contributed by atoms with van der Waals surface area (Å²) in [5.74, 6) is 0.596. The number of aromatic nitrogens is 4. The third-order valence-corrected chi connectivity index (χ3v) is 3.98. The molecule has 0 bridgehead atoms. The summed E-state index contributed by atoms with van der Waals surface area (Å²) in [6.07, 6.45) is 8.20. The Bertz CT molecular complexity index is 629. The molecule has 0 saturated carbocycles. The van der Waals surface area contributed by atoms with E-state index in [2.05, 4.69) is 15.1 Å². The van der Waals surface area contributed by atoms with Crippen LogP contribution in [0.3, 0.4) is 0 Å². The van der Waals surface area contributed by atoms with Crippen molar-refractivity contribution in [3.05, 3.63) is 36.5 Å². The first-order valence-corrected chi connectivity index (χ1v) is 7.52. The molecule has 7 heteroatoms. The number of hydrogen-bond acceptors (Lipinski definition) is 5. The number of aliphatic hydroxyl groups is 1. The van der Waals surface area contributed by atoms with Gasteiger partial charge < -0.3 is 10.0 Å². The zero-order chi connectivity index (χ0) is 15.4. The number of carbonyl (C=O) groups excluding carboxylic acids is 1. The number of carbonyl (C=O) groups is 1. The van der Waals surface area contributed by atoms with Crippen LogP contribution in [-0.2, 0) is 0 Å². The minimum absolute atomic E-state index is 0.0178. The fourth-order valence-electron chi connectivity index (χ4n) is 2.90. The van der Waals surface area contributed by atoms with Crippen molar-refractivity contribution in [3.8, 4) is 5.82 Å². The number of nitrogens with zero attached hydrogens (tertiary/aromatic N) is 5. The van der Waals surface area contributed by atoms with Crippen molar-refractivity contribution in [3.63, 3.8) is 0 Å². The molecule has 2 aromatic heterocycles. The maximum Gasteiger partial charge on any atom is 0.254 e. The van der Waals surface area contributed by atoms with Gasteiger partial charge in [-0.05, 0) is 37.8 Å². The van der Waals surface area contributed by atoms with E-state index in [9.17, 15) is 4.79 Å². The summed E-state index contributed by atoms with van der Waals surface area (Å²) in [5.41, 5.74) is 0.608. The summed E-state index contributed by atoms with van der Waals surface area (Å²) in [6, 6.07) is 3.69. The summed E-state index contributed by atoms with van der Waals surface area (Å²) in [6.45, 7) is 0.945. The van der Waals surface area contributed by atoms with E-state index in [1.54, 1.807) is 24.7 Å². The maximum absolute atomic E-state index is 12.7. The Morgan fingerprint density at radius 1 is 1.45 bits per heavy atom. The molecule has 1 N–H and O–H groups in total. The van der Waals surface area contributed by atoms with Crippen LogP contribution in [0.4, 0.5) is 0 Å². The van der Waals surface area contributed by atoms with E-state index in [0.29, 0.717) is 11.4 Å². The summed E-state index contributed by atoms with van der Waals surface area (Å²) < 4.78 is 1.53. The molecule has 2 aromatic rings. The molecular weight excluding hydrogens is 282 g/mol. The molecule has 0 aromatic carbocycles. The van der Waals surface area contributed by atoms with Gasteiger partial charge in [-0.2, -0.15) is 5.10 Å². The lowest BCUT2D eigenvalue weighted by molar-refractivity contribution is 0.0724. The molecule has 0 spiro atoms. The number of likely N-dealkylation sites (tertiary alicyclic amines) is 1. The lowest BCUT2D eigenvalue weighted by atomic mass is 10.1. The van der Waals surface area contributed by atoms with E-state index in [1.165, 1.54) is 11.0 Å². The van der Waals surface area contributed by atoms with Crippen LogP contribution < -0.4 is 0 Å². The quantitative estimate of drug-likeness (QED) is 0.892. The van der Waals surface area contributed by atoms with E-state index in [-0.39, 0.29) is 18.6 Å². The summed E-state index contributed by atoms with van der Waals surface area (Å²) in [7, 11) is 0. The van der Waals surface area contributed by atoms with Gasteiger partial charge in [-0.25, -0.2) is 14.6 Å². The fraction of sp³-hybridized carbons (Fsp3) is 0.467. The van der Waals surface area contributed by atoms with Gasteiger partial charge in [0.1, 0.15) is 12.7 Å². The van der Waals surface area contributed by atoms with Crippen molar-refractivity contribution in [2.24, 2.45) is 0 Å². The van der Waals surface area contributed by atoms with Crippen molar-refractivity contribution in [2.75, 3.05) is 13.2 Å². The van der Waals surface area contributed by atoms with Crippen molar-refractivity contribution in [1.29, 1.82) is 0 Å². The summed E-state index contributed by atoms with van der Waals surface area (Å²) in [4.78, 5) is 22.8. The third kappa shape index (κ3) is 2.99. The molecule has 22 heavy (non-hydrogen) atoms. The monoisotopic (exact) mass is 301 g/mol. The zero-order valence-electron chi connectivity index (χ0n) is 12.3. The van der Waals surface area contributed by atoms with Crippen LogP contribution in [0.5, 0.6) is 0 Å². The van der Waals surface area contributed by atoms with Crippen molar-refractivity contribution < 1.29 is 9.90 Å². The first kappa shape index (κ1) is 14.6. The Balaban J connectivity index is 1.78. The molecule has 116 valence electrons. The molecule has 1 saturated heterocycles. The van der Waals surface area contributed by atoms with E-state index in [1.807, 2.05) is 4.90 Å². The van der Waals surface area contributed by atoms with Crippen molar-refractivity contribution >= 4 is 5.91 Å². The van der Waals surface area contributed by atoms with E-state index < -0.39 is 0 Å². The van der Waals surface area contributed by atoms with Crippen LogP contribution in [0.1, 0.15) is 36.0 Å². The highest BCUT2D eigenvalue weighted by Gasteiger charge is 2.29. The number of hydrogen-bond donors (Lipinski definition) is 1. The van der Waals surface area contributed by atoms with Gasteiger partial charge in [0.2, 0.25) is 0 Å². The number of aliphatic hydroxyl groups excluding tert-OH is 1. The molecule has 0 aliphatic carbocycles. The van der Waals surface area contributed by atoms with Gasteiger partial charge in [-0.15, -0.1) is 0 Å². The average molecular weight is 301 g/mol. The standard InChI is InChI=1S/C15H19N5O2/c21-8-2-4-13-3-1-7-19(13)15(22)12-5-6-17-14(9-12)20-11-16-10-18-20/h5-6,9-11,13,21H,1-4,7-8H2. The Morgan fingerprint density at radius 3 is 3.14 bits per heavy atom. The number of rotatable bonds is 5. The van der Waals surface area contributed by atoms with Crippen LogP contribution in [0.2, 0.25) is 0 Å². The Labute approximate surface area is 128 Å². The molecule has 1 aliphatic heterocycles. The van der Waals surface area contributed by atoms with Crippen LogP contribution in [0.25, 0.3) is 5.82 Å². The highest BCUT2D eigenvalue weighted by molar-refractivity contribution is 5.94. The predicted octanol–water partition coefficient (Wildman–Crippen LogP) is 1.04. The number of pyridine rings is 1.